The fourth-order valence-corrected chi connectivity index (χ4v) is 0. The Morgan fingerprint density at radius 1 is 1.40 bits per heavy atom. The first-order chi connectivity index (χ1) is 1.73. The fraction of sp³-hybridized carbons (Fsp3) is 0. The van der Waals surface area contributed by atoms with Crippen LogP contribution in [-0.2, 0) is 17.1 Å². The molecule has 1 nitrogen and oxygen atoms in total. The summed E-state index contributed by atoms with van der Waals surface area (Å²) < 4.78 is -0.889. The second-order valence-corrected chi connectivity index (χ2v) is 1.11. The van der Waals surface area contributed by atoms with E-state index in [1.54, 1.807) is 0 Å². The smallest absolute Gasteiger partial charge is 0.262 e. The summed E-state index contributed by atoms with van der Waals surface area (Å²) in [6, 6.07) is 0. The van der Waals surface area contributed by atoms with Gasteiger partial charge in [0.1, 0.15) is 0 Å². The van der Waals surface area contributed by atoms with E-state index in [0.29, 0.717) is 0 Å². The van der Waals surface area contributed by atoms with Crippen molar-refractivity contribution in [3.8, 4) is 0 Å². The Morgan fingerprint density at radius 3 is 1.40 bits per heavy atom. The molecule has 0 atom stereocenters. The molecule has 0 rings (SSSR count). The summed E-state index contributed by atoms with van der Waals surface area (Å²) in [6.07, 6.45) is 0. The quantitative estimate of drug-likeness (QED) is 0.390. The summed E-state index contributed by atoms with van der Waals surface area (Å²) >= 11 is 8.80. The van der Waals surface area contributed by atoms with Gasteiger partial charge in [-0.25, -0.2) is 0 Å². The van der Waals surface area contributed by atoms with E-state index >= 15 is 0 Å². The Hall–Kier alpha value is 0.769. The summed E-state index contributed by atoms with van der Waals surface area (Å²) in [7, 11) is 0. The Morgan fingerprint density at radius 2 is 1.40 bits per heavy atom. The van der Waals surface area contributed by atoms with Crippen LogP contribution in [0.15, 0.2) is 0 Å². The van der Waals surface area contributed by atoms with Crippen LogP contribution in [0, 0.1) is 0 Å². The molecule has 0 aromatic heterocycles. The molecule has 5 heavy (non-hydrogen) atoms. The molecule has 0 aliphatic carbocycles. The van der Waals surface area contributed by atoms with Gasteiger partial charge < -0.3 is 0 Å². The first kappa shape index (κ1) is 9.24. The molecule has 0 aliphatic heterocycles. The maximum absolute atomic E-state index is 8.98. The second-order valence-electron chi connectivity index (χ2n) is 0.226. The molecule has 0 unspecified atom stereocenters. The molecule has 0 fully saturated rings. The Balaban J connectivity index is 0. The van der Waals surface area contributed by atoms with Crippen LogP contribution in [0.5, 0.6) is 0 Å². The summed E-state index contributed by atoms with van der Waals surface area (Å²) in [5.41, 5.74) is 0. The molecular formula is CCl2CuO. The van der Waals surface area contributed by atoms with Crippen LogP contribution in [0.25, 0.3) is 0 Å². The number of halogens is 2. The summed E-state index contributed by atoms with van der Waals surface area (Å²) in [6.45, 7) is 0. The standard InChI is InChI=1S/CCl2O.Cu/c2-1(3)4;. The number of carbonyl (C=O) groups excluding carboxylic acids is 1. The minimum absolute atomic E-state index is 0. The van der Waals surface area contributed by atoms with Crippen LogP contribution in [-0.4, -0.2) is 4.70 Å². The summed E-state index contributed by atoms with van der Waals surface area (Å²) in [5.74, 6) is 0. The third kappa shape index (κ3) is 61.8. The molecule has 0 aliphatic rings. The average Bonchev–Trinajstić information content (AvgIpc) is 0.811. The first-order valence-corrected chi connectivity index (χ1v) is 1.34. The van der Waals surface area contributed by atoms with Crippen molar-refractivity contribution in [2.75, 3.05) is 0 Å². The van der Waals surface area contributed by atoms with Gasteiger partial charge in [-0.05, 0) is 23.2 Å². The topological polar surface area (TPSA) is 17.1 Å². The van der Waals surface area contributed by atoms with E-state index in [4.69, 9.17) is 4.79 Å². The minimum atomic E-state index is -0.889. The van der Waals surface area contributed by atoms with E-state index < -0.39 is 4.70 Å². The zero-order valence-corrected chi connectivity index (χ0v) is 4.42. The van der Waals surface area contributed by atoms with E-state index in [1.807, 2.05) is 0 Å². The normalized spacial score (nSPS) is 5.20. The van der Waals surface area contributed by atoms with Crippen LogP contribution in [0.1, 0.15) is 0 Å². The number of hydrogen-bond donors (Lipinski definition) is 0. The van der Waals surface area contributed by atoms with Gasteiger partial charge in [-0.2, -0.15) is 0 Å². The molecule has 0 bridgehead atoms. The molecule has 0 saturated heterocycles. The predicted octanol–water partition coefficient (Wildman–Crippen LogP) is 1.58. The van der Waals surface area contributed by atoms with E-state index in [1.165, 1.54) is 0 Å². The van der Waals surface area contributed by atoms with Gasteiger partial charge in [-0.3, -0.25) is 4.79 Å². The first-order valence-electron chi connectivity index (χ1n) is 0.582. The van der Waals surface area contributed by atoms with Gasteiger partial charge in [0.15, 0.2) is 0 Å². The van der Waals surface area contributed by atoms with Gasteiger partial charge in [-0.1, -0.05) is 0 Å². The van der Waals surface area contributed by atoms with E-state index in [2.05, 4.69) is 23.2 Å². The van der Waals surface area contributed by atoms with Crippen molar-refractivity contribution < 1.29 is 21.9 Å². The Bertz CT molecular complexity index is 32.6. The van der Waals surface area contributed by atoms with E-state index in [9.17, 15) is 0 Å². The molecule has 4 heteroatoms. The molecule has 35 valence electrons. The van der Waals surface area contributed by atoms with Crippen molar-refractivity contribution in [1.29, 1.82) is 0 Å². The van der Waals surface area contributed by atoms with E-state index in [0.717, 1.165) is 0 Å². The minimum Gasteiger partial charge on any atom is -0.262 e. The van der Waals surface area contributed by atoms with Crippen LogP contribution in [0.2, 0.25) is 0 Å². The van der Waals surface area contributed by atoms with Crippen molar-refractivity contribution in [3.05, 3.63) is 0 Å². The van der Waals surface area contributed by atoms with Gasteiger partial charge in [0.2, 0.25) is 0 Å². The number of carbonyl (C=O) groups is 1. The third-order valence-electron chi connectivity index (χ3n) is 0. The van der Waals surface area contributed by atoms with E-state index in [-0.39, 0.29) is 17.1 Å². The van der Waals surface area contributed by atoms with Gasteiger partial charge in [0.25, 0.3) is 0 Å². The predicted molar refractivity (Wildman–Crippen MR) is 17.1 cm³/mol. The van der Waals surface area contributed by atoms with Crippen molar-refractivity contribution >= 4 is 27.9 Å². The number of hydrogen-bond acceptors (Lipinski definition) is 1. The zero-order valence-electron chi connectivity index (χ0n) is 1.97. The molecular weight excluding hydrogens is 162 g/mol. The number of rotatable bonds is 0. The maximum Gasteiger partial charge on any atom is 0.313 e. The molecule has 0 spiro atoms. The Kier molecular flexibility index (Phi) is 8.81. The second kappa shape index (κ2) is 4.77. The van der Waals surface area contributed by atoms with Crippen molar-refractivity contribution in [3.63, 3.8) is 0 Å². The van der Waals surface area contributed by atoms with Gasteiger partial charge in [0.05, 0.1) is 0 Å². The molecule has 0 amide bonds. The third-order valence-corrected chi connectivity index (χ3v) is 0. The summed E-state index contributed by atoms with van der Waals surface area (Å²) in [4.78, 5) is 8.98. The van der Waals surface area contributed by atoms with Crippen LogP contribution in [0.4, 0.5) is 4.79 Å². The SMILES string of the molecule is O=C(Cl)Cl.[Cu]. The molecule has 0 N–H and O–H groups in total. The maximum atomic E-state index is 8.98. The monoisotopic (exact) mass is 161 g/mol. The molecule has 0 saturated carbocycles. The molecule has 0 heterocycles. The van der Waals surface area contributed by atoms with Crippen molar-refractivity contribution in [2.45, 2.75) is 0 Å². The van der Waals surface area contributed by atoms with Gasteiger partial charge in [-0.15, -0.1) is 0 Å². The van der Waals surface area contributed by atoms with Gasteiger partial charge in [0, 0.05) is 17.1 Å². The largest absolute Gasteiger partial charge is 0.313 e. The Labute approximate surface area is 50.1 Å². The van der Waals surface area contributed by atoms with Crippen LogP contribution < -0.4 is 0 Å². The summed E-state index contributed by atoms with van der Waals surface area (Å²) in [5, 5.41) is 0. The molecule has 1 radical (unpaired) electrons. The van der Waals surface area contributed by atoms with Crippen molar-refractivity contribution in [2.24, 2.45) is 0 Å². The molecule has 0 aromatic carbocycles. The fourth-order valence-electron chi connectivity index (χ4n) is 0. The van der Waals surface area contributed by atoms with Crippen LogP contribution >= 0.6 is 23.2 Å². The van der Waals surface area contributed by atoms with Gasteiger partial charge >= 0.3 is 4.70 Å². The molecule has 0 aromatic rings. The van der Waals surface area contributed by atoms with Crippen LogP contribution in [0.3, 0.4) is 0 Å². The average molecular weight is 162 g/mol. The van der Waals surface area contributed by atoms with Crippen molar-refractivity contribution in [1.82, 2.24) is 0 Å². The zero-order chi connectivity index (χ0) is 3.58.